The van der Waals surface area contributed by atoms with Gasteiger partial charge in [0.15, 0.2) is 0 Å². The van der Waals surface area contributed by atoms with E-state index >= 15 is 0 Å². The number of esters is 1. The molecular weight excluding hydrogens is 530 g/mol. The van der Waals surface area contributed by atoms with Crippen LogP contribution in [0.2, 0.25) is 0 Å². The molecule has 13 heteroatoms. The third-order valence-corrected chi connectivity index (χ3v) is 9.89. The summed E-state index contributed by atoms with van der Waals surface area (Å²) in [6, 6.07) is -2.50. The Bertz CT molecular complexity index is 1110. The second-order valence-electron chi connectivity index (χ2n) is 10.9. The molecule has 0 saturated heterocycles. The molecule has 1 aliphatic heterocycles. The van der Waals surface area contributed by atoms with Gasteiger partial charge in [0.1, 0.15) is 23.8 Å². The van der Waals surface area contributed by atoms with E-state index in [2.05, 4.69) is 12.2 Å². The first kappa shape index (κ1) is 29.1. The van der Waals surface area contributed by atoms with Crippen LogP contribution in [0.15, 0.2) is 23.5 Å². The molecule has 214 valence electrons. The Morgan fingerprint density at radius 1 is 1.21 bits per heavy atom. The Kier molecular flexibility index (Phi) is 8.72. The van der Waals surface area contributed by atoms with E-state index in [1.165, 1.54) is 11.8 Å². The zero-order chi connectivity index (χ0) is 28.5. The lowest BCUT2D eigenvalue weighted by Crippen LogP contribution is -2.54. The van der Waals surface area contributed by atoms with Gasteiger partial charge in [0, 0.05) is 12.2 Å². The van der Waals surface area contributed by atoms with Crippen LogP contribution in [0.5, 0.6) is 0 Å². The van der Waals surface area contributed by atoms with Gasteiger partial charge in [-0.2, -0.15) is 0 Å². The van der Waals surface area contributed by atoms with Crippen molar-refractivity contribution in [3.8, 4) is 0 Å². The number of hydrogen-bond donors (Lipinski definition) is 6. The minimum absolute atomic E-state index is 0.0115. The van der Waals surface area contributed by atoms with Crippen LogP contribution >= 0.6 is 11.8 Å². The number of ether oxygens (including phenoxy) is 1. The number of nitrogens with one attached hydrogen (secondary N) is 2. The van der Waals surface area contributed by atoms with Gasteiger partial charge < -0.3 is 36.4 Å². The van der Waals surface area contributed by atoms with Gasteiger partial charge in [-0.1, -0.05) is 25.5 Å². The van der Waals surface area contributed by atoms with Gasteiger partial charge in [0.25, 0.3) is 0 Å². The second kappa shape index (κ2) is 11.7. The Morgan fingerprint density at radius 3 is 2.64 bits per heavy atom. The quantitative estimate of drug-likeness (QED) is 0.116. The molecule has 39 heavy (non-hydrogen) atoms. The molecule has 1 saturated carbocycles. The monoisotopic (exact) mass is 565 g/mol. The van der Waals surface area contributed by atoms with E-state index in [0.717, 1.165) is 31.3 Å². The summed E-state index contributed by atoms with van der Waals surface area (Å²) in [5.41, 5.74) is 6.49. The molecule has 8 unspecified atom stereocenters. The molecule has 0 aromatic rings. The fourth-order valence-electron chi connectivity index (χ4n) is 6.24. The highest BCUT2D eigenvalue weighted by Crippen LogP contribution is 2.61. The summed E-state index contributed by atoms with van der Waals surface area (Å²) < 4.78 is 5.35. The average molecular weight is 566 g/mol. The summed E-state index contributed by atoms with van der Waals surface area (Å²) in [5, 5.41) is 32.2. The maximum absolute atomic E-state index is 13.0. The fraction of sp³-hybridized carbons (Fsp3) is 0.654. The lowest BCUT2D eigenvalue weighted by atomic mass is 9.62. The van der Waals surface area contributed by atoms with E-state index in [0.29, 0.717) is 18.1 Å². The third-order valence-electron chi connectivity index (χ3n) is 8.19. The van der Waals surface area contributed by atoms with Gasteiger partial charge in [-0.05, 0) is 55.4 Å². The SMILES string of the molecule is CC1CCC2CC3CC=CC4C(=O)OC(=C34)C2(SCC(NC(=O)CCC(N)C(=O)O)C(=O)NC(O)C(=O)O)C1. The molecule has 0 spiro atoms. The molecule has 1 fully saturated rings. The lowest BCUT2D eigenvalue weighted by molar-refractivity contribution is -0.151. The number of amides is 2. The normalized spacial score (nSPS) is 31.3. The first-order chi connectivity index (χ1) is 18.4. The zero-order valence-corrected chi connectivity index (χ0v) is 22.4. The molecule has 0 aromatic heterocycles. The molecule has 0 aromatic carbocycles. The number of aliphatic carboxylic acids is 2. The van der Waals surface area contributed by atoms with Gasteiger partial charge in [0.2, 0.25) is 18.0 Å². The average Bonchev–Trinajstić information content (AvgIpc) is 3.23. The Labute approximate surface area is 229 Å². The van der Waals surface area contributed by atoms with Gasteiger partial charge >= 0.3 is 17.9 Å². The van der Waals surface area contributed by atoms with Crippen LogP contribution in [0.3, 0.4) is 0 Å². The summed E-state index contributed by atoms with van der Waals surface area (Å²) in [5.74, 6) is -3.77. The fourth-order valence-corrected chi connectivity index (χ4v) is 8.08. The molecule has 1 heterocycles. The van der Waals surface area contributed by atoms with Crippen molar-refractivity contribution >= 4 is 41.5 Å². The van der Waals surface area contributed by atoms with Crippen molar-refractivity contribution in [2.24, 2.45) is 29.4 Å². The number of allylic oxidation sites excluding steroid dienone is 1. The first-order valence-corrected chi connectivity index (χ1v) is 14.2. The van der Waals surface area contributed by atoms with Crippen LogP contribution < -0.4 is 16.4 Å². The van der Waals surface area contributed by atoms with Crippen molar-refractivity contribution in [1.82, 2.24) is 10.6 Å². The molecule has 8 atom stereocenters. The number of carbonyl (C=O) groups is 5. The smallest absolute Gasteiger partial charge is 0.353 e. The van der Waals surface area contributed by atoms with Crippen LogP contribution in [0.4, 0.5) is 0 Å². The van der Waals surface area contributed by atoms with Crippen LogP contribution in [-0.2, 0) is 28.7 Å². The number of rotatable bonds is 11. The number of carboxylic acids is 2. The number of carbonyl (C=O) groups excluding carboxylic acids is 3. The van der Waals surface area contributed by atoms with E-state index in [-0.39, 0.29) is 36.4 Å². The number of fused-ring (bicyclic) bond motifs is 2. The number of nitrogens with two attached hydrogens (primary N) is 1. The van der Waals surface area contributed by atoms with Crippen molar-refractivity contribution in [2.75, 3.05) is 5.75 Å². The Balaban J connectivity index is 1.58. The van der Waals surface area contributed by atoms with Crippen molar-refractivity contribution in [3.05, 3.63) is 23.5 Å². The third kappa shape index (κ3) is 5.99. The predicted molar refractivity (Wildman–Crippen MR) is 139 cm³/mol. The van der Waals surface area contributed by atoms with Gasteiger partial charge in [0.05, 0.1) is 4.75 Å². The maximum Gasteiger partial charge on any atom is 0.353 e. The molecule has 7 N–H and O–H groups in total. The molecule has 4 aliphatic rings. The molecule has 0 bridgehead atoms. The van der Waals surface area contributed by atoms with E-state index < -0.39 is 52.7 Å². The van der Waals surface area contributed by atoms with E-state index in [9.17, 15) is 29.1 Å². The number of thioether (sulfide) groups is 1. The topological polar surface area (TPSA) is 205 Å². The van der Waals surface area contributed by atoms with Crippen molar-refractivity contribution in [2.45, 2.75) is 74.9 Å². The van der Waals surface area contributed by atoms with E-state index in [4.69, 9.17) is 20.7 Å². The van der Waals surface area contributed by atoms with Gasteiger partial charge in [-0.15, -0.1) is 11.8 Å². The van der Waals surface area contributed by atoms with Gasteiger partial charge in [-0.3, -0.25) is 19.2 Å². The molecule has 3 aliphatic carbocycles. The Morgan fingerprint density at radius 2 is 1.95 bits per heavy atom. The minimum atomic E-state index is -2.17. The van der Waals surface area contributed by atoms with Crippen LogP contribution in [0, 0.1) is 23.7 Å². The maximum atomic E-state index is 13.0. The van der Waals surface area contributed by atoms with Crippen LogP contribution in [0.1, 0.15) is 51.9 Å². The number of carboxylic acid groups (broad SMARTS) is 2. The highest BCUT2D eigenvalue weighted by Gasteiger charge is 2.58. The summed E-state index contributed by atoms with van der Waals surface area (Å²) in [6.45, 7) is 2.13. The van der Waals surface area contributed by atoms with Crippen molar-refractivity contribution in [1.29, 1.82) is 0 Å². The van der Waals surface area contributed by atoms with Gasteiger partial charge in [-0.25, -0.2) is 4.79 Å². The molecule has 2 amide bonds. The van der Waals surface area contributed by atoms with Crippen molar-refractivity contribution < 1.29 is 44.0 Å². The van der Waals surface area contributed by atoms with E-state index in [1.807, 2.05) is 17.5 Å². The molecule has 0 radical (unpaired) electrons. The van der Waals surface area contributed by atoms with E-state index in [1.54, 1.807) is 0 Å². The highest BCUT2D eigenvalue weighted by molar-refractivity contribution is 8.01. The summed E-state index contributed by atoms with van der Waals surface area (Å²) in [6.07, 6.45) is 5.69. The Hall–Kier alpha value is -2.90. The highest BCUT2D eigenvalue weighted by atomic mass is 32.2. The lowest BCUT2D eigenvalue weighted by Gasteiger charge is -2.51. The zero-order valence-electron chi connectivity index (χ0n) is 21.6. The predicted octanol–water partition coefficient (Wildman–Crippen LogP) is 0.498. The van der Waals surface area contributed by atoms with Crippen molar-refractivity contribution in [3.63, 3.8) is 0 Å². The standard InChI is InChI=1S/C26H35N3O9S/c1-12-5-6-14-9-13-3-2-4-15-19(13)20(38-25(15)37)26(14,10-12)39-11-17(21(31)29-22(32)24(35)36)28-18(30)8-7-16(27)23(33)34/h2,4,12-17,22,32H,3,5-11,27H2,1H3,(H,28,30)(H,29,31)(H,33,34)(H,35,36). The summed E-state index contributed by atoms with van der Waals surface area (Å²) >= 11 is 1.41. The summed E-state index contributed by atoms with van der Waals surface area (Å²) in [4.78, 5) is 60.6. The van der Waals surface area contributed by atoms with Crippen LogP contribution in [-0.4, -0.2) is 73.9 Å². The number of hydrogen-bond acceptors (Lipinski definition) is 9. The molecular formula is C26H35N3O9S. The largest absolute Gasteiger partial charge is 0.480 e. The molecule has 4 rings (SSSR count). The number of aliphatic hydroxyl groups excluding tert-OH is 1. The second-order valence-corrected chi connectivity index (χ2v) is 12.3. The number of aliphatic hydroxyl groups is 1. The minimum Gasteiger partial charge on any atom is -0.480 e. The first-order valence-electron chi connectivity index (χ1n) is 13.2. The molecule has 12 nitrogen and oxygen atoms in total. The van der Waals surface area contributed by atoms with Crippen LogP contribution in [0.25, 0.3) is 0 Å². The summed E-state index contributed by atoms with van der Waals surface area (Å²) in [7, 11) is 0.